The molecule has 7 heteroatoms. The molecule has 1 amide bonds. The summed E-state index contributed by atoms with van der Waals surface area (Å²) in [5, 5.41) is 8.03. The molecular formula is C23H28ClN5O. The highest BCUT2D eigenvalue weighted by molar-refractivity contribution is 5.91. The van der Waals surface area contributed by atoms with E-state index in [4.69, 9.17) is 4.98 Å². The fourth-order valence-electron chi connectivity index (χ4n) is 3.86. The van der Waals surface area contributed by atoms with E-state index in [1.807, 2.05) is 65.6 Å². The standard InChI is InChI=1S/C23H27N5O.ClH/c1-2-17-27(19-13-15-24-16-14-19)23(29)21-25-22(18-9-5-3-6-10-18)28(26-21)20-11-7-4-8-12-20;/h3-12,19,24H,2,13-17H2,1H3;1H. The summed E-state index contributed by atoms with van der Waals surface area (Å²) in [7, 11) is 0. The predicted molar refractivity (Wildman–Crippen MR) is 121 cm³/mol. The van der Waals surface area contributed by atoms with Crippen molar-refractivity contribution < 1.29 is 4.79 Å². The molecule has 0 radical (unpaired) electrons. The van der Waals surface area contributed by atoms with Gasteiger partial charge in [0.15, 0.2) is 5.82 Å². The molecule has 1 aliphatic rings. The highest BCUT2D eigenvalue weighted by Crippen LogP contribution is 2.22. The van der Waals surface area contributed by atoms with E-state index in [2.05, 4.69) is 17.3 Å². The maximum atomic E-state index is 13.4. The van der Waals surface area contributed by atoms with Crippen LogP contribution in [0.25, 0.3) is 17.1 Å². The van der Waals surface area contributed by atoms with Crippen LogP contribution >= 0.6 is 12.4 Å². The third-order valence-electron chi connectivity index (χ3n) is 5.31. The average molecular weight is 426 g/mol. The van der Waals surface area contributed by atoms with Gasteiger partial charge in [0.25, 0.3) is 5.91 Å². The summed E-state index contributed by atoms with van der Waals surface area (Å²) in [6, 6.07) is 20.0. The van der Waals surface area contributed by atoms with Gasteiger partial charge >= 0.3 is 0 Å². The van der Waals surface area contributed by atoms with E-state index in [0.29, 0.717) is 5.82 Å². The lowest BCUT2D eigenvalue weighted by molar-refractivity contribution is 0.0630. The van der Waals surface area contributed by atoms with Crippen molar-refractivity contribution in [3.05, 3.63) is 66.5 Å². The smallest absolute Gasteiger partial charge is 0.293 e. The van der Waals surface area contributed by atoms with Gasteiger partial charge in [0.2, 0.25) is 5.82 Å². The number of hydrogen-bond donors (Lipinski definition) is 1. The monoisotopic (exact) mass is 425 g/mol. The quantitative estimate of drug-likeness (QED) is 0.649. The molecule has 1 aliphatic heterocycles. The zero-order chi connectivity index (χ0) is 20.1. The largest absolute Gasteiger partial charge is 0.333 e. The summed E-state index contributed by atoms with van der Waals surface area (Å²) in [5.41, 5.74) is 1.83. The number of para-hydroxylation sites is 1. The molecule has 1 fully saturated rings. The number of hydrogen-bond acceptors (Lipinski definition) is 4. The summed E-state index contributed by atoms with van der Waals surface area (Å²) in [6.45, 7) is 4.72. The summed E-state index contributed by atoms with van der Waals surface area (Å²) in [4.78, 5) is 20.1. The van der Waals surface area contributed by atoms with Crippen LogP contribution in [0.5, 0.6) is 0 Å². The molecule has 1 N–H and O–H groups in total. The number of amides is 1. The maximum absolute atomic E-state index is 13.4. The Morgan fingerprint density at radius 3 is 2.33 bits per heavy atom. The van der Waals surface area contributed by atoms with Gasteiger partial charge < -0.3 is 10.2 Å². The average Bonchev–Trinajstić information content (AvgIpc) is 3.24. The van der Waals surface area contributed by atoms with Gasteiger partial charge in [-0.1, -0.05) is 55.5 Å². The molecule has 1 saturated heterocycles. The first kappa shape index (κ1) is 22.0. The molecule has 30 heavy (non-hydrogen) atoms. The van der Waals surface area contributed by atoms with Crippen LogP contribution in [0.15, 0.2) is 60.7 Å². The molecule has 6 nitrogen and oxygen atoms in total. The number of nitrogens with zero attached hydrogens (tertiary/aromatic N) is 4. The van der Waals surface area contributed by atoms with Crippen molar-refractivity contribution >= 4 is 18.3 Å². The number of rotatable bonds is 6. The Balaban J connectivity index is 0.00000256. The topological polar surface area (TPSA) is 63.1 Å². The maximum Gasteiger partial charge on any atom is 0.293 e. The normalized spacial score (nSPS) is 14.2. The minimum atomic E-state index is -0.0781. The lowest BCUT2D eigenvalue weighted by atomic mass is 10.0. The van der Waals surface area contributed by atoms with Gasteiger partial charge in [-0.3, -0.25) is 4.79 Å². The van der Waals surface area contributed by atoms with Crippen molar-refractivity contribution in [1.82, 2.24) is 25.0 Å². The minimum absolute atomic E-state index is 0. The predicted octanol–water partition coefficient (Wildman–Crippen LogP) is 3.96. The Morgan fingerprint density at radius 1 is 1.07 bits per heavy atom. The van der Waals surface area contributed by atoms with E-state index in [0.717, 1.165) is 50.1 Å². The summed E-state index contributed by atoms with van der Waals surface area (Å²) in [5.74, 6) is 0.868. The number of nitrogens with one attached hydrogen (secondary N) is 1. The third-order valence-corrected chi connectivity index (χ3v) is 5.31. The Bertz CT molecular complexity index is 882. The Morgan fingerprint density at radius 2 is 1.70 bits per heavy atom. The second-order valence-electron chi connectivity index (χ2n) is 7.35. The lowest BCUT2D eigenvalue weighted by Gasteiger charge is -2.33. The molecular weight excluding hydrogens is 398 g/mol. The van der Waals surface area contributed by atoms with E-state index in [1.54, 1.807) is 4.68 Å². The molecule has 158 valence electrons. The SMILES string of the molecule is CCCN(C(=O)c1nc(-c2ccccc2)n(-c2ccccc2)n1)C1CCNCC1.Cl. The van der Waals surface area contributed by atoms with Crippen LogP contribution in [0.1, 0.15) is 36.8 Å². The van der Waals surface area contributed by atoms with Crippen LogP contribution in [-0.2, 0) is 0 Å². The highest BCUT2D eigenvalue weighted by Gasteiger charge is 2.29. The van der Waals surface area contributed by atoms with Crippen LogP contribution in [0, 0.1) is 0 Å². The van der Waals surface area contributed by atoms with E-state index in [-0.39, 0.29) is 30.2 Å². The molecule has 0 unspecified atom stereocenters. The van der Waals surface area contributed by atoms with Crippen LogP contribution < -0.4 is 5.32 Å². The Labute approximate surface area is 183 Å². The number of aromatic nitrogens is 3. The second-order valence-corrected chi connectivity index (χ2v) is 7.35. The molecule has 0 atom stereocenters. The van der Waals surface area contributed by atoms with Crippen LogP contribution in [0.2, 0.25) is 0 Å². The van der Waals surface area contributed by atoms with Crippen LogP contribution in [-0.4, -0.2) is 51.2 Å². The van der Waals surface area contributed by atoms with Crippen molar-refractivity contribution in [3.8, 4) is 17.1 Å². The van der Waals surface area contributed by atoms with Crippen LogP contribution in [0.4, 0.5) is 0 Å². The molecule has 3 aromatic rings. The lowest BCUT2D eigenvalue weighted by Crippen LogP contribution is -2.46. The van der Waals surface area contributed by atoms with Gasteiger partial charge in [-0.05, 0) is 44.5 Å². The molecule has 0 aliphatic carbocycles. The van der Waals surface area contributed by atoms with Gasteiger partial charge in [-0.25, -0.2) is 9.67 Å². The summed E-state index contributed by atoms with van der Waals surface area (Å²) < 4.78 is 1.77. The van der Waals surface area contributed by atoms with Gasteiger partial charge in [-0.2, -0.15) is 0 Å². The van der Waals surface area contributed by atoms with Crippen LogP contribution in [0.3, 0.4) is 0 Å². The number of halogens is 1. The molecule has 2 heterocycles. The van der Waals surface area contributed by atoms with Gasteiger partial charge in [0.05, 0.1) is 5.69 Å². The molecule has 0 spiro atoms. The number of benzene rings is 2. The molecule has 4 rings (SSSR count). The van der Waals surface area contributed by atoms with Crippen molar-refractivity contribution in [2.45, 2.75) is 32.2 Å². The fraction of sp³-hybridized carbons (Fsp3) is 0.348. The second kappa shape index (κ2) is 10.4. The van der Waals surface area contributed by atoms with Crippen molar-refractivity contribution in [1.29, 1.82) is 0 Å². The molecule has 2 aromatic carbocycles. The summed E-state index contributed by atoms with van der Waals surface area (Å²) in [6.07, 6.45) is 2.86. The Hall–Kier alpha value is -2.70. The van der Waals surface area contributed by atoms with E-state index in [1.165, 1.54) is 0 Å². The highest BCUT2D eigenvalue weighted by atomic mass is 35.5. The molecule has 0 saturated carbocycles. The minimum Gasteiger partial charge on any atom is -0.333 e. The number of carbonyl (C=O) groups excluding carboxylic acids is 1. The molecule has 0 bridgehead atoms. The van der Waals surface area contributed by atoms with E-state index < -0.39 is 0 Å². The van der Waals surface area contributed by atoms with E-state index in [9.17, 15) is 4.79 Å². The van der Waals surface area contributed by atoms with Gasteiger partial charge in [0.1, 0.15) is 0 Å². The van der Waals surface area contributed by atoms with Crippen molar-refractivity contribution in [3.63, 3.8) is 0 Å². The van der Waals surface area contributed by atoms with Gasteiger partial charge in [0, 0.05) is 18.2 Å². The zero-order valence-corrected chi connectivity index (χ0v) is 18.0. The first-order valence-corrected chi connectivity index (χ1v) is 10.4. The first-order chi connectivity index (χ1) is 14.3. The van der Waals surface area contributed by atoms with E-state index >= 15 is 0 Å². The van der Waals surface area contributed by atoms with Crippen molar-refractivity contribution in [2.75, 3.05) is 19.6 Å². The third kappa shape index (κ3) is 4.71. The Kier molecular flexibility index (Phi) is 7.60. The van der Waals surface area contributed by atoms with Crippen molar-refractivity contribution in [2.24, 2.45) is 0 Å². The summed E-state index contributed by atoms with van der Waals surface area (Å²) >= 11 is 0. The molecule has 1 aromatic heterocycles. The fourth-order valence-corrected chi connectivity index (χ4v) is 3.86. The number of piperidine rings is 1. The van der Waals surface area contributed by atoms with Gasteiger partial charge in [-0.15, -0.1) is 17.5 Å². The number of carbonyl (C=O) groups is 1. The zero-order valence-electron chi connectivity index (χ0n) is 17.2. The first-order valence-electron chi connectivity index (χ1n) is 10.4.